The predicted molar refractivity (Wildman–Crippen MR) is 307 cm³/mol. The maximum Gasteiger partial charge on any atom is 0.309 e. The molecule has 0 aromatic carbocycles. The van der Waals surface area contributed by atoms with Gasteiger partial charge in [0.15, 0.2) is 6.10 Å². The van der Waals surface area contributed by atoms with Gasteiger partial charge in [0.1, 0.15) is 13.2 Å². The molecule has 408 valence electrons. The zero-order valence-corrected chi connectivity index (χ0v) is 46.7. The summed E-state index contributed by atoms with van der Waals surface area (Å²) in [6, 6.07) is 0. The summed E-state index contributed by atoms with van der Waals surface area (Å²) < 4.78 is 16.8. The molecule has 0 saturated heterocycles. The van der Waals surface area contributed by atoms with E-state index in [-0.39, 0.29) is 31.6 Å². The Morgan fingerprint density at radius 1 is 0.310 bits per heavy atom. The van der Waals surface area contributed by atoms with Crippen LogP contribution >= 0.6 is 0 Å². The Labute approximate surface area is 439 Å². The topological polar surface area (TPSA) is 78.9 Å². The van der Waals surface area contributed by atoms with E-state index in [0.29, 0.717) is 12.8 Å². The highest BCUT2D eigenvalue weighted by atomic mass is 16.6. The molecule has 0 fully saturated rings. The molecule has 6 heteroatoms. The Morgan fingerprint density at radius 3 is 1.00 bits per heavy atom. The van der Waals surface area contributed by atoms with E-state index in [0.717, 1.165) is 83.5 Å². The minimum absolute atomic E-state index is 0.107. The first kappa shape index (κ1) is 67.6. The Kier molecular flexibility index (Phi) is 56.3. The van der Waals surface area contributed by atoms with Gasteiger partial charge < -0.3 is 14.2 Å². The Bertz CT molecular complexity index is 1370. The summed E-state index contributed by atoms with van der Waals surface area (Å²) in [5.74, 6) is -1.04. The summed E-state index contributed by atoms with van der Waals surface area (Å²) in [5.41, 5.74) is 0. The molecule has 0 saturated carbocycles. The van der Waals surface area contributed by atoms with Crippen LogP contribution in [0.2, 0.25) is 0 Å². The number of unbranched alkanes of at least 4 members (excludes halogenated alkanes) is 30. The van der Waals surface area contributed by atoms with Crippen LogP contribution in [0.1, 0.15) is 290 Å². The van der Waals surface area contributed by atoms with Crippen molar-refractivity contribution in [3.8, 4) is 0 Å². The highest BCUT2D eigenvalue weighted by Gasteiger charge is 2.19. The second-order valence-electron chi connectivity index (χ2n) is 19.9. The van der Waals surface area contributed by atoms with Crippen molar-refractivity contribution in [1.29, 1.82) is 0 Å². The first-order valence-electron chi connectivity index (χ1n) is 30.1. The number of carbonyl (C=O) groups excluding carboxylic acids is 3. The van der Waals surface area contributed by atoms with Crippen LogP contribution in [-0.4, -0.2) is 37.2 Å². The van der Waals surface area contributed by atoms with E-state index in [2.05, 4.69) is 93.7 Å². The van der Waals surface area contributed by atoms with Gasteiger partial charge in [-0.05, 0) is 77.0 Å². The first-order chi connectivity index (χ1) is 35.0. The quantitative estimate of drug-likeness (QED) is 0.0261. The third-order valence-electron chi connectivity index (χ3n) is 12.9. The Balaban J connectivity index is 4.44. The van der Waals surface area contributed by atoms with Crippen molar-refractivity contribution < 1.29 is 28.6 Å². The van der Waals surface area contributed by atoms with Crippen molar-refractivity contribution in [3.63, 3.8) is 0 Å². The molecule has 1 atom stereocenters. The van der Waals surface area contributed by atoms with Gasteiger partial charge >= 0.3 is 17.9 Å². The molecule has 0 aromatic rings. The van der Waals surface area contributed by atoms with Gasteiger partial charge in [-0.15, -0.1) is 0 Å². The summed E-state index contributed by atoms with van der Waals surface area (Å²) in [6.45, 7) is 6.44. The Hall–Kier alpha value is -3.41. The fourth-order valence-corrected chi connectivity index (χ4v) is 8.43. The fourth-order valence-electron chi connectivity index (χ4n) is 8.43. The van der Waals surface area contributed by atoms with Crippen molar-refractivity contribution in [2.45, 2.75) is 297 Å². The van der Waals surface area contributed by atoms with Gasteiger partial charge in [-0.1, -0.05) is 279 Å². The van der Waals surface area contributed by atoms with Gasteiger partial charge in [0.2, 0.25) is 0 Å². The molecule has 0 aliphatic heterocycles. The van der Waals surface area contributed by atoms with Crippen LogP contribution in [-0.2, 0) is 28.6 Å². The summed E-state index contributed by atoms with van der Waals surface area (Å²) in [4.78, 5) is 38.2. The highest BCUT2D eigenvalue weighted by Crippen LogP contribution is 2.16. The minimum atomic E-state index is -0.820. The van der Waals surface area contributed by atoms with Crippen LogP contribution in [0, 0.1) is 0 Å². The molecule has 0 spiro atoms. The molecule has 0 radical (unpaired) electrons. The van der Waals surface area contributed by atoms with Crippen molar-refractivity contribution in [1.82, 2.24) is 0 Å². The summed E-state index contributed by atoms with van der Waals surface area (Å²) >= 11 is 0. The van der Waals surface area contributed by atoms with Crippen LogP contribution in [0.25, 0.3) is 0 Å². The summed E-state index contributed by atoms with van der Waals surface area (Å²) in [7, 11) is 0. The number of esters is 3. The maximum absolute atomic E-state index is 12.9. The third-order valence-corrected chi connectivity index (χ3v) is 12.9. The van der Waals surface area contributed by atoms with E-state index in [4.69, 9.17) is 14.2 Å². The fraction of sp³-hybridized carbons (Fsp3) is 0.738. The van der Waals surface area contributed by atoms with E-state index < -0.39 is 12.1 Å². The normalized spacial score (nSPS) is 12.7. The smallest absolute Gasteiger partial charge is 0.309 e. The molecule has 0 amide bonds. The maximum atomic E-state index is 12.9. The zero-order valence-electron chi connectivity index (χ0n) is 46.7. The van der Waals surface area contributed by atoms with E-state index >= 15 is 0 Å². The second kappa shape index (κ2) is 59.2. The Morgan fingerprint density at radius 2 is 0.606 bits per heavy atom. The average Bonchev–Trinajstić information content (AvgIpc) is 3.37. The average molecular weight is 990 g/mol. The molecule has 0 N–H and O–H groups in total. The van der Waals surface area contributed by atoms with Crippen LogP contribution in [0.4, 0.5) is 0 Å². The molecule has 0 rings (SSSR count). The zero-order chi connectivity index (χ0) is 51.4. The molecule has 0 bridgehead atoms. The van der Waals surface area contributed by atoms with Crippen LogP contribution in [0.15, 0.2) is 85.1 Å². The molecule has 0 aliphatic rings. The number of hydrogen-bond donors (Lipinski definition) is 0. The summed E-state index contributed by atoms with van der Waals surface area (Å²) in [5, 5.41) is 0. The van der Waals surface area contributed by atoms with Gasteiger partial charge in [-0.25, -0.2) is 0 Å². The minimum Gasteiger partial charge on any atom is -0.462 e. The van der Waals surface area contributed by atoms with Gasteiger partial charge in [-0.2, -0.15) is 0 Å². The van der Waals surface area contributed by atoms with E-state index in [1.807, 2.05) is 6.08 Å². The van der Waals surface area contributed by atoms with Gasteiger partial charge in [0.25, 0.3) is 0 Å². The van der Waals surface area contributed by atoms with Crippen molar-refractivity contribution in [2.75, 3.05) is 13.2 Å². The lowest BCUT2D eigenvalue weighted by Crippen LogP contribution is -2.30. The standard InChI is InChI=1S/C65H112O6/c1-4-7-10-13-16-19-22-25-28-30-32-33-35-37-40-43-46-49-52-55-58-64(67)70-61-62(60-69-63(66)57-54-51-48-45-42-39-36-27-24-21-18-15-12-9-6-3)71-65(68)59-56-53-50-47-44-41-38-34-31-29-26-23-20-17-14-11-8-5-2/h9,12,18,20-21,23,27,29,31,36,42,45,51,54,62H,4-8,10-11,13-17,19,22,24-26,28,30,32-35,37-41,43-44,46-50,52-53,55-61H2,1-3H3/b12-9-,21-18-,23-20-,31-29-,36-27-,45-42-,54-51-. The SMILES string of the molecule is CC/C=C\C/C=C\C/C=C\C/C=C\C/C=C\CC(=O)OCC(COC(=O)CCCCCCCCCCCCCCCCCCCCCC)OC(=O)CCCCCCCCC/C=C\C/C=C\CCCCCC. The van der Waals surface area contributed by atoms with E-state index in [9.17, 15) is 14.4 Å². The molecule has 0 aromatic heterocycles. The number of hydrogen-bond acceptors (Lipinski definition) is 6. The lowest BCUT2D eigenvalue weighted by molar-refractivity contribution is -0.166. The lowest BCUT2D eigenvalue weighted by Gasteiger charge is -2.18. The summed E-state index contributed by atoms with van der Waals surface area (Å²) in [6.07, 6.45) is 77.5. The first-order valence-corrected chi connectivity index (χ1v) is 30.1. The third kappa shape index (κ3) is 57.4. The predicted octanol–water partition coefficient (Wildman–Crippen LogP) is 20.3. The molecular formula is C65H112O6. The van der Waals surface area contributed by atoms with Gasteiger partial charge in [-0.3, -0.25) is 14.4 Å². The largest absolute Gasteiger partial charge is 0.462 e. The number of allylic oxidation sites excluding steroid dienone is 13. The monoisotopic (exact) mass is 989 g/mol. The molecule has 6 nitrogen and oxygen atoms in total. The van der Waals surface area contributed by atoms with Crippen molar-refractivity contribution in [2.24, 2.45) is 0 Å². The van der Waals surface area contributed by atoms with E-state index in [1.165, 1.54) is 167 Å². The molecule has 0 aliphatic carbocycles. The molecule has 71 heavy (non-hydrogen) atoms. The number of carbonyl (C=O) groups is 3. The number of rotatable bonds is 54. The van der Waals surface area contributed by atoms with Crippen LogP contribution in [0.3, 0.4) is 0 Å². The van der Waals surface area contributed by atoms with E-state index in [1.54, 1.807) is 6.08 Å². The number of ether oxygens (including phenoxy) is 3. The molecule has 0 heterocycles. The molecule has 1 unspecified atom stereocenters. The highest BCUT2D eigenvalue weighted by molar-refractivity contribution is 5.72. The van der Waals surface area contributed by atoms with Crippen molar-refractivity contribution >= 4 is 17.9 Å². The van der Waals surface area contributed by atoms with Crippen LogP contribution in [0.5, 0.6) is 0 Å². The second-order valence-corrected chi connectivity index (χ2v) is 19.9. The lowest BCUT2D eigenvalue weighted by atomic mass is 10.0. The van der Waals surface area contributed by atoms with Gasteiger partial charge in [0, 0.05) is 12.8 Å². The van der Waals surface area contributed by atoms with Crippen molar-refractivity contribution in [3.05, 3.63) is 85.1 Å². The van der Waals surface area contributed by atoms with Crippen LogP contribution < -0.4 is 0 Å². The molecular weight excluding hydrogens is 877 g/mol. The van der Waals surface area contributed by atoms with Gasteiger partial charge in [0.05, 0.1) is 6.42 Å².